The van der Waals surface area contributed by atoms with E-state index < -0.39 is 35.3 Å². The van der Waals surface area contributed by atoms with Gasteiger partial charge in [0.2, 0.25) is 0 Å². The predicted molar refractivity (Wildman–Crippen MR) is 86.0 cm³/mol. The van der Waals surface area contributed by atoms with Gasteiger partial charge in [0.05, 0.1) is 19.8 Å². The van der Waals surface area contributed by atoms with Crippen molar-refractivity contribution in [1.82, 2.24) is 9.55 Å². The van der Waals surface area contributed by atoms with Crippen LogP contribution in [0.3, 0.4) is 0 Å². The zero-order valence-corrected chi connectivity index (χ0v) is 13.3. The van der Waals surface area contributed by atoms with Crippen LogP contribution in [-0.2, 0) is 20.8 Å². The lowest BCUT2D eigenvalue weighted by Crippen LogP contribution is -2.46. The lowest BCUT2D eigenvalue weighted by molar-refractivity contribution is -0.190. The number of ether oxygens (including phenoxy) is 3. The molecule has 0 amide bonds. The summed E-state index contributed by atoms with van der Waals surface area (Å²) in [6.07, 6.45) is -0.911. The Morgan fingerprint density at radius 1 is 1.28 bits per heavy atom. The number of aromatic amines is 1. The van der Waals surface area contributed by atoms with Gasteiger partial charge in [0, 0.05) is 12.3 Å². The Labute approximate surface area is 142 Å². The summed E-state index contributed by atoms with van der Waals surface area (Å²) >= 11 is 0. The number of H-pyrrole nitrogens is 1. The molecule has 0 spiro atoms. The number of nitrogens with one attached hydrogen (secondary N) is 1. The minimum atomic E-state index is -1.09. The van der Waals surface area contributed by atoms with Crippen molar-refractivity contribution in [3.8, 4) is 0 Å². The Kier molecular flexibility index (Phi) is 4.04. The summed E-state index contributed by atoms with van der Waals surface area (Å²) in [4.78, 5) is 26.6. The molecule has 8 heteroatoms. The number of hydrogen-bond acceptors (Lipinski definition) is 6. The molecule has 2 aromatic rings. The van der Waals surface area contributed by atoms with Crippen LogP contribution >= 0.6 is 0 Å². The van der Waals surface area contributed by atoms with Crippen molar-refractivity contribution in [2.45, 2.75) is 30.6 Å². The number of nitrogens with zero attached hydrogens (tertiary/aromatic N) is 1. The molecule has 0 unspecified atom stereocenters. The van der Waals surface area contributed by atoms with Crippen molar-refractivity contribution < 1.29 is 19.3 Å². The molecule has 2 aliphatic rings. The van der Waals surface area contributed by atoms with E-state index in [9.17, 15) is 14.7 Å². The van der Waals surface area contributed by atoms with E-state index in [2.05, 4.69) is 4.98 Å². The molecule has 8 nitrogen and oxygen atoms in total. The van der Waals surface area contributed by atoms with Gasteiger partial charge in [-0.15, -0.1) is 0 Å². The normalized spacial score (nSPS) is 30.7. The summed E-state index contributed by atoms with van der Waals surface area (Å²) in [5.41, 5.74) is -1.22. The highest BCUT2D eigenvalue weighted by molar-refractivity contribution is 5.14. The number of aliphatic hydroxyl groups excluding tert-OH is 1. The minimum absolute atomic E-state index is 0.142. The van der Waals surface area contributed by atoms with Gasteiger partial charge >= 0.3 is 5.69 Å². The molecule has 3 heterocycles. The number of rotatable bonds is 5. The maximum atomic E-state index is 12.1. The topological polar surface area (TPSA) is 103 Å². The van der Waals surface area contributed by atoms with Crippen LogP contribution < -0.4 is 11.2 Å². The van der Waals surface area contributed by atoms with Gasteiger partial charge in [0.25, 0.3) is 5.56 Å². The third-order valence-electron chi connectivity index (χ3n) is 4.66. The average molecular weight is 346 g/mol. The Bertz CT molecular complexity index is 835. The fourth-order valence-corrected chi connectivity index (χ4v) is 3.40. The van der Waals surface area contributed by atoms with E-state index >= 15 is 0 Å². The van der Waals surface area contributed by atoms with Crippen molar-refractivity contribution in [3.63, 3.8) is 0 Å². The van der Waals surface area contributed by atoms with Gasteiger partial charge in [-0.2, -0.15) is 0 Å². The molecule has 0 saturated carbocycles. The Balaban J connectivity index is 1.62. The van der Waals surface area contributed by atoms with E-state index in [1.54, 1.807) is 0 Å². The number of fused-ring (bicyclic) bond motifs is 2. The van der Waals surface area contributed by atoms with Crippen LogP contribution in [0, 0.1) is 0 Å². The number of aliphatic hydroxyl groups is 1. The molecule has 2 bridgehead atoms. The van der Waals surface area contributed by atoms with Gasteiger partial charge in [0.1, 0.15) is 17.8 Å². The Hall–Kier alpha value is -2.26. The highest BCUT2D eigenvalue weighted by Gasteiger charge is 2.63. The zero-order chi connectivity index (χ0) is 17.4. The molecule has 0 radical (unpaired) electrons. The largest absolute Gasteiger partial charge is 0.393 e. The lowest BCUT2D eigenvalue weighted by Gasteiger charge is -2.29. The van der Waals surface area contributed by atoms with E-state index in [0.29, 0.717) is 6.61 Å². The second-order valence-corrected chi connectivity index (χ2v) is 6.22. The molecule has 25 heavy (non-hydrogen) atoms. The van der Waals surface area contributed by atoms with Gasteiger partial charge in [-0.3, -0.25) is 4.79 Å². The fourth-order valence-electron chi connectivity index (χ4n) is 3.40. The van der Waals surface area contributed by atoms with Crippen molar-refractivity contribution in [3.05, 3.63) is 69.0 Å². The lowest BCUT2D eigenvalue weighted by atomic mass is 10.00. The maximum absolute atomic E-state index is 12.1. The van der Waals surface area contributed by atoms with Gasteiger partial charge in [-0.1, -0.05) is 30.3 Å². The number of benzene rings is 1. The maximum Gasteiger partial charge on any atom is 0.330 e. The van der Waals surface area contributed by atoms with E-state index in [4.69, 9.17) is 14.2 Å². The summed E-state index contributed by atoms with van der Waals surface area (Å²) in [5.74, 6) is 0. The first-order chi connectivity index (χ1) is 12.1. The van der Waals surface area contributed by atoms with Crippen LogP contribution in [0.5, 0.6) is 0 Å². The molecule has 2 aliphatic heterocycles. The second kappa shape index (κ2) is 6.23. The fraction of sp³-hybridized carbons (Fsp3) is 0.412. The smallest absolute Gasteiger partial charge is 0.330 e. The standard InChI is InChI=1S/C17H18N2O6/c20-9-17-10-24-13(14(17)23-8-11-4-2-1-3-5-11)15(25-17)19-12(21)6-7-18-16(19)22/h1-7,13-15,20H,8-10H2,(H,18,22)/t13-,14+,15-,17+/m1/s1. The number of hydrogen-bond donors (Lipinski definition) is 2. The van der Waals surface area contributed by atoms with E-state index in [1.807, 2.05) is 30.3 Å². The van der Waals surface area contributed by atoms with Crippen molar-refractivity contribution in [2.24, 2.45) is 0 Å². The first-order valence-electron chi connectivity index (χ1n) is 8.01. The van der Waals surface area contributed by atoms with Crippen molar-refractivity contribution in [1.29, 1.82) is 0 Å². The van der Waals surface area contributed by atoms with Gasteiger partial charge < -0.3 is 24.3 Å². The first-order valence-corrected chi connectivity index (χ1v) is 8.01. The third kappa shape index (κ3) is 2.63. The van der Waals surface area contributed by atoms with E-state index in [-0.39, 0.29) is 13.2 Å². The predicted octanol–water partition coefficient (Wildman–Crippen LogP) is -0.219. The van der Waals surface area contributed by atoms with Crippen molar-refractivity contribution in [2.75, 3.05) is 13.2 Å². The van der Waals surface area contributed by atoms with Crippen LogP contribution in [-0.4, -0.2) is 45.7 Å². The van der Waals surface area contributed by atoms with E-state index in [0.717, 1.165) is 10.1 Å². The molecule has 4 atom stereocenters. The van der Waals surface area contributed by atoms with Gasteiger partial charge in [0.15, 0.2) is 6.23 Å². The molecule has 4 rings (SSSR count). The number of aromatic nitrogens is 2. The van der Waals surface area contributed by atoms with Crippen LogP contribution in [0.2, 0.25) is 0 Å². The first kappa shape index (κ1) is 16.2. The quantitative estimate of drug-likeness (QED) is 0.776. The average Bonchev–Trinajstić information content (AvgIpc) is 3.13. The zero-order valence-electron chi connectivity index (χ0n) is 13.3. The molecule has 0 aliphatic carbocycles. The van der Waals surface area contributed by atoms with Crippen molar-refractivity contribution >= 4 is 0 Å². The summed E-state index contributed by atoms with van der Waals surface area (Å²) in [5, 5.41) is 9.86. The Morgan fingerprint density at radius 2 is 2.08 bits per heavy atom. The Morgan fingerprint density at radius 3 is 2.80 bits per heavy atom. The molecular weight excluding hydrogens is 328 g/mol. The third-order valence-corrected chi connectivity index (χ3v) is 4.66. The molecule has 1 aromatic heterocycles. The van der Waals surface area contributed by atoms with Crippen LogP contribution in [0.4, 0.5) is 0 Å². The van der Waals surface area contributed by atoms with Crippen LogP contribution in [0.15, 0.2) is 52.2 Å². The molecular formula is C17H18N2O6. The molecule has 2 saturated heterocycles. The van der Waals surface area contributed by atoms with Gasteiger partial charge in [-0.05, 0) is 5.56 Å². The highest BCUT2D eigenvalue weighted by atomic mass is 16.7. The summed E-state index contributed by atoms with van der Waals surface area (Å²) in [6.45, 7) is 0.117. The molecule has 1 aromatic carbocycles. The summed E-state index contributed by atoms with van der Waals surface area (Å²) in [6, 6.07) is 10.8. The highest BCUT2D eigenvalue weighted by Crippen LogP contribution is 2.45. The van der Waals surface area contributed by atoms with Gasteiger partial charge in [-0.25, -0.2) is 9.36 Å². The monoisotopic (exact) mass is 346 g/mol. The minimum Gasteiger partial charge on any atom is -0.393 e. The molecule has 132 valence electrons. The molecule has 2 N–H and O–H groups in total. The summed E-state index contributed by atoms with van der Waals surface area (Å²) < 4.78 is 18.5. The molecule has 2 fully saturated rings. The SMILES string of the molecule is O=c1cc[nH]c(=O)n1[C@@H]1O[C@@]2(CO)CO[C@@H]1[C@@H]2OCc1ccccc1. The second-order valence-electron chi connectivity index (χ2n) is 6.22. The van der Waals surface area contributed by atoms with Crippen LogP contribution in [0.1, 0.15) is 11.8 Å². The summed E-state index contributed by atoms with van der Waals surface area (Å²) in [7, 11) is 0. The van der Waals surface area contributed by atoms with Crippen LogP contribution in [0.25, 0.3) is 0 Å². The van der Waals surface area contributed by atoms with E-state index in [1.165, 1.54) is 12.3 Å².